The second-order valence-electron chi connectivity index (χ2n) is 5.06. The van der Waals surface area contributed by atoms with Crippen molar-refractivity contribution in [3.8, 4) is 5.75 Å². The van der Waals surface area contributed by atoms with Gasteiger partial charge in [0.1, 0.15) is 11.6 Å². The van der Waals surface area contributed by atoms with Gasteiger partial charge < -0.3 is 9.64 Å². The van der Waals surface area contributed by atoms with Crippen LogP contribution < -0.4 is 4.74 Å². The lowest BCUT2D eigenvalue weighted by Crippen LogP contribution is -2.38. The van der Waals surface area contributed by atoms with E-state index in [-0.39, 0.29) is 17.4 Å². The molecule has 1 amide bonds. The number of hydrogen-bond acceptors (Lipinski definition) is 3. The summed E-state index contributed by atoms with van der Waals surface area (Å²) in [7, 11) is 1.48. The van der Waals surface area contributed by atoms with Crippen molar-refractivity contribution >= 4 is 29.1 Å². The Bertz CT molecular complexity index is 724. The number of imidazole rings is 1. The van der Waals surface area contributed by atoms with Crippen LogP contribution in [0.5, 0.6) is 5.75 Å². The Labute approximate surface area is 147 Å². The summed E-state index contributed by atoms with van der Waals surface area (Å²) in [6.45, 7) is -1.24. The molecular formula is C15H15Cl2F2N3O2. The number of rotatable bonds is 6. The van der Waals surface area contributed by atoms with E-state index in [1.807, 2.05) is 0 Å². The van der Waals surface area contributed by atoms with E-state index in [0.717, 1.165) is 6.20 Å². The van der Waals surface area contributed by atoms with Crippen molar-refractivity contribution in [3.63, 3.8) is 0 Å². The van der Waals surface area contributed by atoms with Crippen molar-refractivity contribution in [2.24, 2.45) is 0 Å². The third-order valence-corrected chi connectivity index (χ3v) is 3.79. The van der Waals surface area contributed by atoms with Crippen LogP contribution in [0, 0.1) is 0 Å². The van der Waals surface area contributed by atoms with Crippen LogP contribution in [-0.4, -0.2) is 33.5 Å². The Morgan fingerprint density at radius 1 is 1.42 bits per heavy atom. The molecule has 24 heavy (non-hydrogen) atoms. The third-order valence-electron chi connectivity index (χ3n) is 3.26. The molecule has 1 aromatic carbocycles. The molecule has 2 rings (SSSR count). The third kappa shape index (κ3) is 4.36. The highest BCUT2D eigenvalue weighted by Crippen LogP contribution is 2.28. The van der Waals surface area contributed by atoms with Gasteiger partial charge in [-0.25, -0.2) is 4.98 Å². The molecule has 1 unspecified atom stereocenters. The second kappa shape index (κ2) is 7.81. The highest BCUT2D eigenvalue weighted by Gasteiger charge is 2.22. The fraction of sp³-hybridized carbons (Fsp3) is 0.333. The maximum Gasteiger partial charge on any atom is 0.319 e. The Morgan fingerprint density at radius 3 is 2.75 bits per heavy atom. The lowest BCUT2D eigenvalue weighted by atomic mass is 10.3. The molecule has 0 spiro atoms. The van der Waals surface area contributed by atoms with E-state index in [0.29, 0.717) is 15.3 Å². The van der Waals surface area contributed by atoms with Crippen LogP contribution in [0.3, 0.4) is 0 Å². The molecule has 0 N–H and O–H groups in total. The topological polar surface area (TPSA) is 47.4 Å². The number of benzene rings is 1. The van der Waals surface area contributed by atoms with Crippen molar-refractivity contribution < 1.29 is 18.3 Å². The predicted molar refractivity (Wildman–Crippen MR) is 86.5 cm³/mol. The molecule has 0 radical (unpaired) electrons. The maximum absolute atomic E-state index is 12.8. The van der Waals surface area contributed by atoms with Gasteiger partial charge in [0.25, 0.3) is 5.91 Å². The van der Waals surface area contributed by atoms with Gasteiger partial charge in [-0.05, 0) is 25.1 Å². The normalized spacial score (nSPS) is 12.3. The summed E-state index contributed by atoms with van der Waals surface area (Å²) >= 11 is 11.8. The summed E-state index contributed by atoms with van der Waals surface area (Å²) in [6.07, 6.45) is 1.56. The zero-order chi connectivity index (χ0) is 17.9. The highest BCUT2D eigenvalue weighted by atomic mass is 35.5. The number of hydrogen-bond donors (Lipinski definition) is 0. The molecule has 0 aliphatic heterocycles. The first-order valence-electron chi connectivity index (χ1n) is 6.96. The summed E-state index contributed by atoms with van der Waals surface area (Å²) in [5.74, 6) is -0.00759. The molecule has 0 saturated carbocycles. The Morgan fingerprint density at radius 2 is 2.12 bits per heavy atom. The van der Waals surface area contributed by atoms with Gasteiger partial charge >= 0.3 is 6.55 Å². The van der Waals surface area contributed by atoms with Gasteiger partial charge in [-0.15, -0.1) is 0 Å². The van der Waals surface area contributed by atoms with Gasteiger partial charge in [-0.1, -0.05) is 23.2 Å². The fourth-order valence-corrected chi connectivity index (χ4v) is 2.51. The molecule has 0 saturated heterocycles. The summed E-state index contributed by atoms with van der Waals surface area (Å²) in [4.78, 5) is 17.4. The van der Waals surface area contributed by atoms with Crippen LogP contribution in [-0.2, 0) is 11.3 Å². The average molecular weight is 378 g/mol. The highest BCUT2D eigenvalue weighted by molar-refractivity contribution is 6.35. The molecule has 1 heterocycles. The summed E-state index contributed by atoms with van der Waals surface area (Å²) in [5.41, 5.74) is 0. The standard InChI is InChI=1S/C15H15Cl2F2N3O2/c1-9(24-12-4-3-10(16)7-11(12)17)14(23)21(2)8-13-20-5-6-22(13)15(18)19/h3-7,9,15H,8H2,1-2H3. The van der Waals surface area contributed by atoms with E-state index in [4.69, 9.17) is 27.9 Å². The Kier molecular flexibility index (Phi) is 6.01. The zero-order valence-electron chi connectivity index (χ0n) is 12.9. The zero-order valence-corrected chi connectivity index (χ0v) is 14.4. The number of halogens is 4. The van der Waals surface area contributed by atoms with Crippen molar-refractivity contribution in [3.05, 3.63) is 46.5 Å². The smallest absolute Gasteiger partial charge is 0.319 e. The molecule has 1 aromatic heterocycles. The first kappa shape index (κ1) is 18.5. The monoisotopic (exact) mass is 377 g/mol. The van der Waals surface area contributed by atoms with Crippen LogP contribution in [0.2, 0.25) is 10.0 Å². The number of aromatic nitrogens is 2. The minimum Gasteiger partial charge on any atom is -0.479 e. The Hall–Kier alpha value is -1.86. The van der Waals surface area contributed by atoms with Gasteiger partial charge in [0.2, 0.25) is 0 Å². The molecule has 9 heteroatoms. The van der Waals surface area contributed by atoms with Gasteiger partial charge in [-0.2, -0.15) is 8.78 Å². The van der Waals surface area contributed by atoms with Gasteiger partial charge in [0.05, 0.1) is 11.6 Å². The summed E-state index contributed by atoms with van der Waals surface area (Å²) < 4.78 is 31.8. The number of amides is 1. The second-order valence-corrected chi connectivity index (χ2v) is 5.90. The molecule has 5 nitrogen and oxygen atoms in total. The van der Waals surface area contributed by atoms with E-state index < -0.39 is 18.6 Å². The van der Waals surface area contributed by atoms with Gasteiger partial charge in [-0.3, -0.25) is 9.36 Å². The summed E-state index contributed by atoms with van der Waals surface area (Å²) in [6, 6.07) is 4.64. The lowest BCUT2D eigenvalue weighted by Gasteiger charge is -2.22. The minimum atomic E-state index is -2.72. The first-order chi connectivity index (χ1) is 11.3. The van der Waals surface area contributed by atoms with E-state index in [2.05, 4.69) is 4.98 Å². The van der Waals surface area contributed by atoms with Gasteiger partial charge in [0, 0.05) is 24.5 Å². The molecule has 0 bridgehead atoms. The molecular weight excluding hydrogens is 363 g/mol. The van der Waals surface area contributed by atoms with Crippen LogP contribution in [0.1, 0.15) is 19.3 Å². The molecule has 0 aliphatic carbocycles. The van der Waals surface area contributed by atoms with Crippen LogP contribution in [0.15, 0.2) is 30.6 Å². The number of carbonyl (C=O) groups is 1. The van der Waals surface area contributed by atoms with Crippen molar-refractivity contribution in [2.75, 3.05) is 7.05 Å². The molecule has 0 aliphatic rings. The largest absolute Gasteiger partial charge is 0.479 e. The van der Waals surface area contributed by atoms with E-state index in [9.17, 15) is 13.6 Å². The average Bonchev–Trinajstić information content (AvgIpc) is 2.97. The minimum absolute atomic E-state index is 0.0712. The molecule has 0 fully saturated rings. The van der Waals surface area contributed by atoms with Gasteiger partial charge in [0.15, 0.2) is 6.10 Å². The fourth-order valence-electron chi connectivity index (χ4n) is 2.06. The van der Waals surface area contributed by atoms with E-state index in [1.165, 1.54) is 24.2 Å². The number of carbonyl (C=O) groups excluding carboxylic acids is 1. The number of nitrogens with zero attached hydrogens (tertiary/aromatic N) is 3. The first-order valence-corrected chi connectivity index (χ1v) is 7.71. The Balaban J connectivity index is 2.03. The number of likely N-dealkylation sites (N-methyl/N-ethyl adjacent to an activating group) is 1. The van der Waals surface area contributed by atoms with Crippen molar-refractivity contribution in [1.82, 2.24) is 14.5 Å². The van der Waals surface area contributed by atoms with E-state index >= 15 is 0 Å². The van der Waals surface area contributed by atoms with Crippen LogP contribution in [0.4, 0.5) is 8.78 Å². The van der Waals surface area contributed by atoms with E-state index in [1.54, 1.807) is 19.1 Å². The quantitative estimate of drug-likeness (QED) is 0.763. The molecule has 2 aromatic rings. The number of alkyl halides is 2. The molecule has 130 valence electrons. The van der Waals surface area contributed by atoms with Crippen molar-refractivity contribution in [1.29, 1.82) is 0 Å². The predicted octanol–water partition coefficient (Wildman–Crippen LogP) is 4.01. The van der Waals surface area contributed by atoms with Crippen molar-refractivity contribution in [2.45, 2.75) is 26.1 Å². The summed E-state index contributed by atoms with van der Waals surface area (Å²) in [5, 5.41) is 0.723. The lowest BCUT2D eigenvalue weighted by molar-refractivity contribution is -0.137. The van der Waals surface area contributed by atoms with Crippen LogP contribution >= 0.6 is 23.2 Å². The number of ether oxygens (including phenoxy) is 1. The SMILES string of the molecule is CC(Oc1ccc(Cl)cc1Cl)C(=O)N(C)Cc1nccn1C(F)F. The maximum atomic E-state index is 12.8. The van der Waals surface area contributed by atoms with Crippen LogP contribution in [0.25, 0.3) is 0 Å². The molecule has 1 atom stereocenters.